The fraction of sp³-hybridized carbons (Fsp3) is 0.462. The average Bonchev–Trinajstić information content (AvgIpc) is 2.23. The van der Waals surface area contributed by atoms with E-state index < -0.39 is 6.36 Å². The van der Waals surface area contributed by atoms with Crippen molar-refractivity contribution >= 4 is 5.91 Å². The van der Waals surface area contributed by atoms with E-state index >= 15 is 0 Å². The number of benzene rings is 1. The Bertz CT molecular complexity index is 438. The highest BCUT2D eigenvalue weighted by atomic mass is 19.4. The lowest BCUT2D eigenvalue weighted by Gasteiger charge is -2.30. The number of amides is 1. The summed E-state index contributed by atoms with van der Waals surface area (Å²) in [5.41, 5.74) is 0.823. The van der Waals surface area contributed by atoms with Crippen molar-refractivity contribution in [2.24, 2.45) is 0 Å². The van der Waals surface area contributed by atoms with E-state index in [-0.39, 0.29) is 11.7 Å². The van der Waals surface area contributed by atoms with Crippen LogP contribution in [0.4, 0.5) is 13.2 Å². The molecule has 2 rings (SSSR count). The predicted molar refractivity (Wildman–Crippen MR) is 62.6 cm³/mol. The molecular weight excluding hydrogens is 259 g/mol. The number of carbonyl (C=O) groups is 1. The first-order valence-electron chi connectivity index (χ1n) is 6.06. The Morgan fingerprint density at radius 1 is 1.21 bits per heavy atom. The first-order chi connectivity index (χ1) is 8.94. The van der Waals surface area contributed by atoms with Crippen molar-refractivity contribution in [3.8, 4) is 5.75 Å². The fourth-order valence-corrected chi connectivity index (χ4v) is 1.83. The van der Waals surface area contributed by atoms with Crippen LogP contribution in [0, 0.1) is 0 Å². The average molecular weight is 273 g/mol. The summed E-state index contributed by atoms with van der Waals surface area (Å²) in [7, 11) is 0. The minimum absolute atomic E-state index is 0.0990. The Morgan fingerprint density at radius 3 is 2.32 bits per heavy atom. The number of carbonyl (C=O) groups excluding carboxylic acids is 1. The molecule has 104 valence electrons. The molecule has 0 N–H and O–H groups in total. The van der Waals surface area contributed by atoms with Crippen molar-refractivity contribution in [1.82, 2.24) is 4.90 Å². The highest BCUT2D eigenvalue weighted by Gasteiger charge is 2.30. The molecule has 0 saturated carbocycles. The van der Waals surface area contributed by atoms with Gasteiger partial charge < -0.3 is 9.64 Å². The second-order valence-electron chi connectivity index (χ2n) is 4.43. The Morgan fingerprint density at radius 2 is 1.84 bits per heavy atom. The zero-order valence-corrected chi connectivity index (χ0v) is 10.2. The van der Waals surface area contributed by atoms with Crippen molar-refractivity contribution in [2.75, 3.05) is 13.1 Å². The molecule has 1 aliphatic rings. The third kappa shape index (κ3) is 4.15. The van der Waals surface area contributed by atoms with Gasteiger partial charge in [-0.15, -0.1) is 13.2 Å². The van der Waals surface area contributed by atoms with E-state index in [1.807, 2.05) is 0 Å². The maximum absolute atomic E-state index is 12.0. The van der Waals surface area contributed by atoms with Crippen LogP contribution in [0.15, 0.2) is 24.3 Å². The summed E-state index contributed by atoms with van der Waals surface area (Å²) in [6.07, 6.45) is -2.70. The third-order valence-corrected chi connectivity index (χ3v) is 2.99. The molecule has 0 aromatic heterocycles. The number of hydrogen-bond donors (Lipinski definition) is 0. The van der Waals surface area contributed by atoms with Crippen molar-refractivity contribution < 1.29 is 22.7 Å². The summed E-state index contributed by atoms with van der Waals surface area (Å²) >= 11 is 0. The number of alkyl halides is 3. The molecule has 6 heteroatoms. The van der Waals surface area contributed by atoms with Crippen LogP contribution in [0.25, 0.3) is 0 Å². The van der Waals surface area contributed by atoms with E-state index in [9.17, 15) is 18.0 Å². The molecule has 0 radical (unpaired) electrons. The molecule has 0 unspecified atom stereocenters. The molecular formula is C13H14F3NO2. The monoisotopic (exact) mass is 273 g/mol. The molecule has 1 aromatic rings. The van der Waals surface area contributed by atoms with E-state index in [0.717, 1.165) is 25.1 Å². The van der Waals surface area contributed by atoms with E-state index in [4.69, 9.17) is 0 Å². The SMILES string of the molecule is O=C(CCc1ccc(OC(F)(F)F)cc1)N1CCC1. The lowest BCUT2D eigenvalue weighted by atomic mass is 10.1. The Kier molecular flexibility index (Phi) is 3.97. The molecule has 0 atom stereocenters. The highest BCUT2D eigenvalue weighted by Crippen LogP contribution is 2.23. The van der Waals surface area contributed by atoms with Crippen molar-refractivity contribution in [3.63, 3.8) is 0 Å². The van der Waals surface area contributed by atoms with Crippen LogP contribution >= 0.6 is 0 Å². The lowest BCUT2D eigenvalue weighted by Crippen LogP contribution is -2.42. The summed E-state index contributed by atoms with van der Waals surface area (Å²) < 4.78 is 39.6. The smallest absolute Gasteiger partial charge is 0.406 e. The first kappa shape index (κ1) is 13.7. The maximum atomic E-state index is 12.0. The van der Waals surface area contributed by atoms with E-state index in [0.29, 0.717) is 12.8 Å². The Hall–Kier alpha value is -1.72. The van der Waals surface area contributed by atoms with Gasteiger partial charge in [0.05, 0.1) is 0 Å². The Labute approximate surface area is 109 Å². The van der Waals surface area contributed by atoms with Crippen LogP contribution in [-0.4, -0.2) is 30.3 Å². The van der Waals surface area contributed by atoms with Crippen LogP contribution in [0.5, 0.6) is 5.75 Å². The van der Waals surface area contributed by atoms with Crippen molar-refractivity contribution in [1.29, 1.82) is 0 Å². The number of ether oxygens (including phenoxy) is 1. The second kappa shape index (κ2) is 5.50. The molecule has 0 aliphatic carbocycles. The summed E-state index contributed by atoms with van der Waals surface area (Å²) in [5.74, 6) is -0.146. The first-order valence-corrected chi connectivity index (χ1v) is 6.06. The van der Waals surface area contributed by atoms with Crippen LogP contribution < -0.4 is 4.74 Å². The van der Waals surface area contributed by atoms with Gasteiger partial charge in [0.2, 0.25) is 5.91 Å². The molecule has 1 fully saturated rings. The second-order valence-corrected chi connectivity index (χ2v) is 4.43. The van der Waals surface area contributed by atoms with Crippen LogP contribution in [0.3, 0.4) is 0 Å². The zero-order valence-electron chi connectivity index (χ0n) is 10.2. The third-order valence-electron chi connectivity index (χ3n) is 2.99. The molecule has 1 aromatic carbocycles. The van der Waals surface area contributed by atoms with E-state index in [1.54, 1.807) is 17.0 Å². The molecule has 1 aliphatic heterocycles. The topological polar surface area (TPSA) is 29.5 Å². The molecule has 1 amide bonds. The van der Waals surface area contributed by atoms with Crippen LogP contribution in [0.2, 0.25) is 0 Å². The van der Waals surface area contributed by atoms with Gasteiger partial charge in [-0.2, -0.15) is 0 Å². The van der Waals surface area contributed by atoms with E-state index in [2.05, 4.69) is 4.74 Å². The van der Waals surface area contributed by atoms with Gasteiger partial charge in [-0.05, 0) is 30.5 Å². The van der Waals surface area contributed by atoms with Gasteiger partial charge in [-0.25, -0.2) is 0 Å². The lowest BCUT2D eigenvalue weighted by molar-refractivity contribution is -0.274. The fourth-order valence-electron chi connectivity index (χ4n) is 1.83. The van der Waals surface area contributed by atoms with Gasteiger partial charge in [0.15, 0.2) is 0 Å². The van der Waals surface area contributed by atoms with Gasteiger partial charge in [0.1, 0.15) is 5.75 Å². The van der Waals surface area contributed by atoms with Crippen molar-refractivity contribution in [2.45, 2.75) is 25.6 Å². The van der Waals surface area contributed by atoms with Gasteiger partial charge >= 0.3 is 6.36 Å². The number of hydrogen-bond acceptors (Lipinski definition) is 2. The molecule has 1 heterocycles. The number of halogens is 3. The summed E-state index contributed by atoms with van der Waals surface area (Å²) in [6, 6.07) is 5.61. The number of likely N-dealkylation sites (tertiary alicyclic amines) is 1. The summed E-state index contributed by atoms with van der Waals surface area (Å²) in [5, 5.41) is 0. The molecule has 1 saturated heterocycles. The standard InChI is InChI=1S/C13H14F3NO2/c14-13(15,16)19-11-5-2-10(3-6-11)4-7-12(18)17-8-1-9-17/h2-3,5-6H,1,4,7-9H2. The van der Waals surface area contributed by atoms with Gasteiger partial charge in [0, 0.05) is 19.5 Å². The maximum Gasteiger partial charge on any atom is 0.573 e. The van der Waals surface area contributed by atoms with Crippen LogP contribution in [0.1, 0.15) is 18.4 Å². The Balaban J connectivity index is 1.83. The summed E-state index contributed by atoms with van der Waals surface area (Å²) in [4.78, 5) is 13.4. The molecule has 0 spiro atoms. The quantitative estimate of drug-likeness (QED) is 0.844. The summed E-state index contributed by atoms with van der Waals surface area (Å²) in [6.45, 7) is 1.63. The van der Waals surface area contributed by atoms with Crippen molar-refractivity contribution in [3.05, 3.63) is 29.8 Å². The molecule has 0 bridgehead atoms. The highest BCUT2D eigenvalue weighted by molar-refractivity contribution is 5.77. The number of aryl methyl sites for hydroxylation is 1. The van der Waals surface area contributed by atoms with E-state index in [1.165, 1.54) is 12.1 Å². The minimum Gasteiger partial charge on any atom is -0.406 e. The molecule has 19 heavy (non-hydrogen) atoms. The normalized spacial score (nSPS) is 15.0. The van der Waals surface area contributed by atoms with Gasteiger partial charge in [-0.3, -0.25) is 4.79 Å². The van der Waals surface area contributed by atoms with Gasteiger partial charge in [-0.1, -0.05) is 12.1 Å². The largest absolute Gasteiger partial charge is 0.573 e. The predicted octanol–water partition coefficient (Wildman–Crippen LogP) is 2.75. The number of nitrogens with zero attached hydrogens (tertiary/aromatic N) is 1. The van der Waals surface area contributed by atoms with Gasteiger partial charge in [0.25, 0.3) is 0 Å². The van der Waals surface area contributed by atoms with Crippen LogP contribution in [-0.2, 0) is 11.2 Å². The number of rotatable bonds is 4. The zero-order chi connectivity index (χ0) is 13.9. The molecule has 3 nitrogen and oxygen atoms in total. The minimum atomic E-state index is -4.67.